The Morgan fingerprint density at radius 2 is 1.92 bits per heavy atom. The monoisotopic (exact) mass is 333 g/mol. The molecule has 0 saturated carbocycles. The lowest BCUT2D eigenvalue weighted by atomic mass is 9.75. The molecule has 0 atom stereocenters. The van der Waals surface area contributed by atoms with Crippen LogP contribution in [0.25, 0.3) is 0 Å². The Morgan fingerprint density at radius 1 is 1.25 bits per heavy atom. The Bertz CT molecular complexity index is 493. The van der Waals surface area contributed by atoms with Gasteiger partial charge >= 0.3 is 6.03 Å². The first-order chi connectivity index (χ1) is 11.3. The number of carbonyl (C=O) groups is 2. The smallest absolute Gasteiger partial charge is 0.317 e. The molecule has 1 fully saturated rings. The second kappa shape index (κ2) is 7.86. The van der Waals surface area contributed by atoms with Crippen LogP contribution in [0.4, 0.5) is 4.79 Å². The highest BCUT2D eigenvalue weighted by Crippen LogP contribution is 2.34. The minimum Gasteiger partial charge on any atom is -0.338 e. The molecule has 2 rings (SSSR count). The van der Waals surface area contributed by atoms with Crippen molar-refractivity contribution in [3.8, 4) is 0 Å². The zero-order valence-electron chi connectivity index (χ0n) is 15.3. The van der Waals surface area contributed by atoms with Gasteiger partial charge in [0.15, 0.2) is 0 Å². The summed E-state index contributed by atoms with van der Waals surface area (Å²) < 4.78 is 0. The van der Waals surface area contributed by atoms with Gasteiger partial charge in [0, 0.05) is 38.0 Å². The first kappa shape index (κ1) is 18.6. The van der Waals surface area contributed by atoms with E-state index in [4.69, 9.17) is 0 Å². The normalized spacial score (nSPS) is 19.3. The lowest BCUT2D eigenvalue weighted by Gasteiger charge is -2.38. The number of rotatable bonds is 5. The highest BCUT2D eigenvalue weighted by molar-refractivity contribution is 5.92. The summed E-state index contributed by atoms with van der Waals surface area (Å²) in [7, 11) is 0. The third kappa shape index (κ3) is 4.86. The van der Waals surface area contributed by atoms with Crippen LogP contribution in [0.3, 0.4) is 0 Å². The first-order valence-corrected chi connectivity index (χ1v) is 9.00. The molecule has 0 spiro atoms. The fraction of sp³-hybridized carbons (Fsp3) is 0.684. The summed E-state index contributed by atoms with van der Waals surface area (Å²) in [5, 5.41) is 3.00. The minimum atomic E-state index is 0.00533. The Hall–Kier alpha value is -1.78. The summed E-state index contributed by atoms with van der Waals surface area (Å²) in [5.74, 6) is 0.701. The SMILES string of the molecule is C=C1C=CC(=O)N1CCCCNC(=O)N1CCC(C(C)(C)C)CC1. The first-order valence-electron chi connectivity index (χ1n) is 9.00. The number of piperidine rings is 1. The fourth-order valence-corrected chi connectivity index (χ4v) is 3.39. The van der Waals surface area contributed by atoms with Crippen molar-refractivity contribution in [3.05, 3.63) is 24.4 Å². The average Bonchev–Trinajstić information content (AvgIpc) is 2.85. The molecule has 1 saturated heterocycles. The molecule has 2 aliphatic rings. The number of carbonyl (C=O) groups excluding carboxylic acids is 2. The van der Waals surface area contributed by atoms with Crippen molar-refractivity contribution in [1.82, 2.24) is 15.1 Å². The van der Waals surface area contributed by atoms with Gasteiger partial charge < -0.3 is 15.1 Å². The molecule has 3 amide bonds. The van der Waals surface area contributed by atoms with Gasteiger partial charge in [0.25, 0.3) is 5.91 Å². The number of amides is 3. The summed E-state index contributed by atoms with van der Waals surface area (Å²) in [6, 6.07) is 0.0469. The Morgan fingerprint density at radius 3 is 2.46 bits per heavy atom. The van der Waals surface area contributed by atoms with E-state index in [9.17, 15) is 9.59 Å². The molecule has 2 heterocycles. The van der Waals surface area contributed by atoms with E-state index in [1.165, 1.54) is 0 Å². The fourth-order valence-electron chi connectivity index (χ4n) is 3.39. The molecule has 134 valence electrons. The number of likely N-dealkylation sites (tertiary alicyclic amines) is 1. The molecule has 0 bridgehead atoms. The van der Waals surface area contributed by atoms with Gasteiger partial charge in [-0.25, -0.2) is 4.79 Å². The third-order valence-corrected chi connectivity index (χ3v) is 5.12. The molecule has 0 aromatic rings. The van der Waals surface area contributed by atoms with Crippen LogP contribution < -0.4 is 5.32 Å². The van der Waals surface area contributed by atoms with Crippen molar-refractivity contribution in [2.75, 3.05) is 26.2 Å². The number of nitrogens with one attached hydrogen (secondary N) is 1. The average molecular weight is 333 g/mol. The molecular weight excluding hydrogens is 302 g/mol. The van der Waals surface area contributed by atoms with E-state index in [1.54, 1.807) is 17.1 Å². The van der Waals surface area contributed by atoms with Gasteiger partial charge in [0.2, 0.25) is 0 Å². The molecule has 0 unspecified atom stereocenters. The molecule has 0 aromatic heterocycles. The highest BCUT2D eigenvalue weighted by Gasteiger charge is 2.30. The largest absolute Gasteiger partial charge is 0.338 e. The zero-order valence-corrected chi connectivity index (χ0v) is 15.3. The van der Waals surface area contributed by atoms with E-state index in [1.807, 2.05) is 4.90 Å². The minimum absolute atomic E-state index is 0.00533. The highest BCUT2D eigenvalue weighted by atomic mass is 16.2. The predicted octanol–water partition coefficient (Wildman–Crippen LogP) is 3.15. The number of allylic oxidation sites excluding steroid dienone is 1. The van der Waals surface area contributed by atoms with E-state index < -0.39 is 0 Å². The van der Waals surface area contributed by atoms with Crippen LogP contribution in [0.2, 0.25) is 0 Å². The number of hydrogen-bond acceptors (Lipinski definition) is 2. The van der Waals surface area contributed by atoms with Crippen LogP contribution in [0, 0.1) is 11.3 Å². The number of urea groups is 1. The molecule has 0 aliphatic carbocycles. The maximum absolute atomic E-state index is 12.2. The number of hydrogen-bond donors (Lipinski definition) is 1. The summed E-state index contributed by atoms with van der Waals surface area (Å²) in [5.41, 5.74) is 1.08. The Labute approximate surface area is 145 Å². The molecule has 1 N–H and O–H groups in total. The summed E-state index contributed by atoms with van der Waals surface area (Å²) in [4.78, 5) is 27.4. The topological polar surface area (TPSA) is 52.7 Å². The van der Waals surface area contributed by atoms with E-state index in [-0.39, 0.29) is 11.9 Å². The maximum atomic E-state index is 12.2. The molecule has 2 aliphatic heterocycles. The van der Waals surface area contributed by atoms with Crippen LogP contribution in [0.15, 0.2) is 24.4 Å². The van der Waals surface area contributed by atoms with Gasteiger partial charge in [0.1, 0.15) is 0 Å². The van der Waals surface area contributed by atoms with E-state index in [0.717, 1.165) is 44.5 Å². The molecule has 0 radical (unpaired) electrons. The van der Waals surface area contributed by atoms with E-state index in [0.29, 0.717) is 24.4 Å². The Kier molecular flexibility index (Phi) is 6.08. The van der Waals surface area contributed by atoms with Crippen LogP contribution in [0.5, 0.6) is 0 Å². The van der Waals surface area contributed by atoms with Crippen molar-refractivity contribution < 1.29 is 9.59 Å². The lowest BCUT2D eigenvalue weighted by Crippen LogP contribution is -2.46. The quantitative estimate of drug-likeness (QED) is 0.786. The van der Waals surface area contributed by atoms with Crippen LogP contribution in [-0.2, 0) is 4.79 Å². The van der Waals surface area contributed by atoms with Crippen molar-refractivity contribution in [3.63, 3.8) is 0 Å². The van der Waals surface area contributed by atoms with Gasteiger partial charge in [-0.15, -0.1) is 0 Å². The molecule has 24 heavy (non-hydrogen) atoms. The maximum Gasteiger partial charge on any atom is 0.317 e. The van der Waals surface area contributed by atoms with E-state index >= 15 is 0 Å². The van der Waals surface area contributed by atoms with Crippen LogP contribution >= 0.6 is 0 Å². The number of nitrogens with zero attached hydrogens (tertiary/aromatic N) is 2. The van der Waals surface area contributed by atoms with Crippen LogP contribution in [0.1, 0.15) is 46.5 Å². The van der Waals surface area contributed by atoms with E-state index in [2.05, 4.69) is 32.7 Å². The lowest BCUT2D eigenvalue weighted by molar-refractivity contribution is -0.123. The van der Waals surface area contributed by atoms with Gasteiger partial charge in [0.05, 0.1) is 0 Å². The molecular formula is C19H31N3O2. The third-order valence-electron chi connectivity index (χ3n) is 5.12. The summed E-state index contributed by atoms with van der Waals surface area (Å²) in [6.45, 7) is 13.7. The molecule has 5 heteroatoms. The van der Waals surface area contributed by atoms with Gasteiger partial charge in [-0.2, -0.15) is 0 Å². The van der Waals surface area contributed by atoms with Crippen LogP contribution in [-0.4, -0.2) is 47.9 Å². The van der Waals surface area contributed by atoms with Crippen molar-refractivity contribution in [2.45, 2.75) is 46.5 Å². The standard InChI is InChI=1S/C19H31N3O2/c1-15-7-8-17(23)22(15)12-6-5-11-20-18(24)21-13-9-16(10-14-21)19(2,3)4/h7-8,16H,1,5-6,9-14H2,2-4H3,(H,20,24). The number of unbranched alkanes of at least 4 members (excludes halogenated alkanes) is 1. The van der Waals surface area contributed by atoms with Gasteiger partial charge in [-0.3, -0.25) is 4.79 Å². The summed E-state index contributed by atoms with van der Waals surface area (Å²) >= 11 is 0. The zero-order chi connectivity index (χ0) is 17.7. The molecule has 5 nitrogen and oxygen atoms in total. The second-order valence-corrected chi connectivity index (χ2v) is 7.88. The predicted molar refractivity (Wildman–Crippen MR) is 96.4 cm³/mol. The van der Waals surface area contributed by atoms with Crippen molar-refractivity contribution in [2.24, 2.45) is 11.3 Å². The second-order valence-electron chi connectivity index (χ2n) is 7.88. The van der Waals surface area contributed by atoms with Crippen molar-refractivity contribution in [1.29, 1.82) is 0 Å². The summed E-state index contributed by atoms with van der Waals surface area (Å²) in [6.07, 6.45) is 7.18. The molecule has 0 aromatic carbocycles. The van der Waals surface area contributed by atoms with Gasteiger partial charge in [-0.05, 0) is 43.1 Å². The van der Waals surface area contributed by atoms with Crippen molar-refractivity contribution >= 4 is 11.9 Å². The van der Waals surface area contributed by atoms with Gasteiger partial charge in [-0.1, -0.05) is 27.4 Å². The Balaban J connectivity index is 1.59.